The Balaban J connectivity index is 2.05. The molecule has 118 valence electrons. The first-order valence-electron chi connectivity index (χ1n) is 7.65. The van der Waals surface area contributed by atoms with Crippen molar-refractivity contribution in [3.63, 3.8) is 0 Å². The molecule has 0 radical (unpaired) electrons. The SMILES string of the molecule is Cc1ccccc1N(C(=O)c1cnc2c(c1)ncn2C)C(C)C. The van der Waals surface area contributed by atoms with Gasteiger partial charge < -0.3 is 9.47 Å². The Morgan fingerprint density at radius 1 is 1.22 bits per heavy atom. The quantitative estimate of drug-likeness (QED) is 0.745. The molecule has 0 saturated carbocycles. The summed E-state index contributed by atoms with van der Waals surface area (Å²) in [5.74, 6) is -0.0608. The first kappa shape index (κ1) is 15.2. The zero-order valence-corrected chi connectivity index (χ0v) is 13.8. The Hall–Kier alpha value is -2.69. The summed E-state index contributed by atoms with van der Waals surface area (Å²) in [6, 6.07) is 9.76. The second kappa shape index (κ2) is 5.83. The first-order valence-corrected chi connectivity index (χ1v) is 7.65. The molecule has 0 N–H and O–H groups in total. The molecule has 0 bridgehead atoms. The number of carbonyl (C=O) groups is 1. The molecule has 3 rings (SSSR count). The van der Waals surface area contributed by atoms with Crippen LogP contribution in [0.3, 0.4) is 0 Å². The molecule has 0 aliphatic heterocycles. The average Bonchev–Trinajstić information content (AvgIpc) is 2.90. The Morgan fingerprint density at radius 2 is 1.96 bits per heavy atom. The smallest absolute Gasteiger partial charge is 0.260 e. The summed E-state index contributed by atoms with van der Waals surface area (Å²) in [5, 5.41) is 0. The summed E-state index contributed by atoms with van der Waals surface area (Å²) in [6.07, 6.45) is 3.33. The molecule has 1 aromatic carbocycles. The highest BCUT2D eigenvalue weighted by molar-refractivity contribution is 6.07. The van der Waals surface area contributed by atoms with Crippen molar-refractivity contribution < 1.29 is 4.79 Å². The van der Waals surface area contributed by atoms with Crippen molar-refractivity contribution in [1.29, 1.82) is 0 Å². The van der Waals surface area contributed by atoms with E-state index in [1.54, 1.807) is 23.5 Å². The van der Waals surface area contributed by atoms with Gasteiger partial charge in [0.1, 0.15) is 5.52 Å². The van der Waals surface area contributed by atoms with E-state index in [1.807, 2.05) is 56.7 Å². The summed E-state index contributed by atoms with van der Waals surface area (Å²) in [5.41, 5.74) is 4.04. The number of aromatic nitrogens is 3. The van der Waals surface area contributed by atoms with Gasteiger partial charge in [0.2, 0.25) is 0 Å². The maximum absolute atomic E-state index is 13.0. The molecule has 0 aliphatic carbocycles. The van der Waals surface area contributed by atoms with E-state index >= 15 is 0 Å². The average molecular weight is 308 g/mol. The summed E-state index contributed by atoms with van der Waals surface area (Å²) >= 11 is 0. The number of pyridine rings is 1. The molecule has 1 amide bonds. The lowest BCUT2D eigenvalue weighted by Crippen LogP contribution is -2.37. The molecule has 0 aliphatic rings. The Labute approximate surface area is 135 Å². The molecule has 3 aromatic rings. The number of para-hydroxylation sites is 1. The van der Waals surface area contributed by atoms with E-state index in [0.717, 1.165) is 22.4 Å². The highest BCUT2D eigenvalue weighted by Gasteiger charge is 2.22. The summed E-state index contributed by atoms with van der Waals surface area (Å²) in [6.45, 7) is 6.03. The van der Waals surface area contributed by atoms with E-state index in [4.69, 9.17) is 0 Å². The third-order valence-corrected chi connectivity index (χ3v) is 3.91. The number of anilines is 1. The lowest BCUT2D eigenvalue weighted by molar-refractivity contribution is 0.0980. The lowest BCUT2D eigenvalue weighted by Gasteiger charge is -2.28. The summed E-state index contributed by atoms with van der Waals surface area (Å²) in [4.78, 5) is 23.5. The Bertz CT molecular complexity index is 866. The highest BCUT2D eigenvalue weighted by Crippen LogP contribution is 2.24. The molecule has 0 unspecified atom stereocenters. The predicted molar refractivity (Wildman–Crippen MR) is 91.6 cm³/mol. The second-order valence-electron chi connectivity index (χ2n) is 5.98. The fourth-order valence-corrected chi connectivity index (χ4v) is 2.73. The van der Waals surface area contributed by atoms with Crippen LogP contribution < -0.4 is 4.90 Å². The van der Waals surface area contributed by atoms with Crippen molar-refractivity contribution in [2.75, 3.05) is 4.90 Å². The fourth-order valence-electron chi connectivity index (χ4n) is 2.73. The van der Waals surface area contributed by atoms with Crippen LogP contribution in [0.1, 0.15) is 29.8 Å². The first-order chi connectivity index (χ1) is 11.0. The van der Waals surface area contributed by atoms with Crippen molar-refractivity contribution in [2.45, 2.75) is 26.8 Å². The van der Waals surface area contributed by atoms with Crippen LogP contribution in [0.25, 0.3) is 11.2 Å². The number of fused-ring (bicyclic) bond motifs is 1. The molecule has 0 fully saturated rings. The van der Waals surface area contributed by atoms with Crippen LogP contribution >= 0.6 is 0 Å². The van der Waals surface area contributed by atoms with Crippen LogP contribution in [0.5, 0.6) is 0 Å². The summed E-state index contributed by atoms with van der Waals surface area (Å²) < 4.78 is 1.84. The molecular weight excluding hydrogens is 288 g/mol. The van der Waals surface area contributed by atoms with Gasteiger partial charge in [0.15, 0.2) is 5.65 Å². The number of benzene rings is 1. The van der Waals surface area contributed by atoms with Gasteiger partial charge in [-0.3, -0.25) is 4.79 Å². The van der Waals surface area contributed by atoms with Crippen LogP contribution in [-0.2, 0) is 7.05 Å². The van der Waals surface area contributed by atoms with Crippen LogP contribution in [0.15, 0.2) is 42.9 Å². The van der Waals surface area contributed by atoms with E-state index < -0.39 is 0 Å². The van der Waals surface area contributed by atoms with E-state index in [-0.39, 0.29) is 11.9 Å². The van der Waals surface area contributed by atoms with Gasteiger partial charge in [0, 0.05) is 25.0 Å². The van der Waals surface area contributed by atoms with Crippen LogP contribution in [0.4, 0.5) is 5.69 Å². The highest BCUT2D eigenvalue weighted by atomic mass is 16.2. The lowest BCUT2D eigenvalue weighted by atomic mass is 10.1. The number of hydrogen-bond acceptors (Lipinski definition) is 3. The monoisotopic (exact) mass is 308 g/mol. The van der Waals surface area contributed by atoms with Gasteiger partial charge in [-0.2, -0.15) is 0 Å². The second-order valence-corrected chi connectivity index (χ2v) is 5.98. The molecule has 2 heterocycles. The minimum absolute atomic E-state index is 0.0445. The number of hydrogen-bond donors (Lipinski definition) is 0. The normalized spacial score (nSPS) is 11.2. The van der Waals surface area contributed by atoms with Crippen molar-refractivity contribution in [1.82, 2.24) is 14.5 Å². The van der Waals surface area contributed by atoms with Crippen molar-refractivity contribution in [3.05, 3.63) is 54.0 Å². The molecular formula is C18H20N4O. The van der Waals surface area contributed by atoms with Crippen molar-refractivity contribution >= 4 is 22.8 Å². The number of rotatable bonds is 3. The van der Waals surface area contributed by atoms with Crippen LogP contribution in [-0.4, -0.2) is 26.5 Å². The topological polar surface area (TPSA) is 51.0 Å². The van der Waals surface area contributed by atoms with Gasteiger partial charge in [-0.25, -0.2) is 9.97 Å². The van der Waals surface area contributed by atoms with Gasteiger partial charge in [-0.05, 0) is 38.5 Å². The fraction of sp³-hybridized carbons (Fsp3) is 0.278. The molecule has 0 spiro atoms. The molecule has 5 nitrogen and oxygen atoms in total. The van der Waals surface area contributed by atoms with E-state index in [2.05, 4.69) is 9.97 Å². The van der Waals surface area contributed by atoms with Gasteiger partial charge >= 0.3 is 0 Å². The third kappa shape index (κ3) is 2.70. The third-order valence-electron chi connectivity index (χ3n) is 3.91. The van der Waals surface area contributed by atoms with E-state index in [1.165, 1.54) is 0 Å². The minimum atomic E-state index is -0.0608. The minimum Gasteiger partial charge on any atom is -0.318 e. The number of carbonyl (C=O) groups excluding carboxylic acids is 1. The molecule has 2 aromatic heterocycles. The standard InChI is InChI=1S/C18H20N4O/c1-12(2)22(16-8-6-5-7-13(16)3)18(23)14-9-15-17(19-10-14)21(4)11-20-15/h5-12H,1-4H3. The van der Waals surface area contributed by atoms with Crippen molar-refractivity contribution in [2.24, 2.45) is 7.05 Å². The Morgan fingerprint density at radius 3 is 2.65 bits per heavy atom. The van der Waals surface area contributed by atoms with E-state index in [9.17, 15) is 4.79 Å². The van der Waals surface area contributed by atoms with Gasteiger partial charge in [0.25, 0.3) is 5.91 Å². The zero-order chi connectivity index (χ0) is 16.6. The molecule has 0 saturated heterocycles. The number of nitrogens with zero attached hydrogens (tertiary/aromatic N) is 4. The Kier molecular flexibility index (Phi) is 3.86. The molecule has 5 heteroatoms. The summed E-state index contributed by atoms with van der Waals surface area (Å²) in [7, 11) is 1.89. The van der Waals surface area contributed by atoms with Gasteiger partial charge in [0.05, 0.1) is 11.9 Å². The van der Waals surface area contributed by atoms with E-state index in [0.29, 0.717) is 5.56 Å². The van der Waals surface area contributed by atoms with Crippen LogP contribution in [0.2, 0.25) is 0 Å². The number of aryl methyl sites for hydroxylation is 2. The number of amides is 1. The van der Waals surface area contributed by atoms with Gasteiger partial charge in [-0.15, -0.1) is 0 Å². The maximum atomic E-state index is 13.0. The molecule has 0 atom stereocenters. The van der Waals surface area contributed by atoms with Crippen LogP contribution in [0, 0.1) is 6.92 Å². The molecule has 23 heavy (non-hydrogen) atoms. The maximum Gasteiger partial charge on any atom is 0.260 e. The zero-order valence-electron chi connectivity index (χ0n) is 13.8. The van der Waals surface area contributed by atoms with Gasteiger partial charge in [-0.1, -0.05) is 18.2 Å². The largest absolute Gasteiger partial charge is 0.318 e. The number of imidazole rings is 1. The predicted octanol–water partition coefficient (Wildman–Crippen LogP) is 3.33. The van der Waals surface area contributed by atoms with Crippen molar-refractivity contribution in [3.8, 4) is 0 Å².